The van der Waals surface area contributed by atoms with Crippen LogP contribution >= 0.6 is 15.9 Å². The SMILES string of the molecule is Fc1cc(F)cc(Oc2ccc(OCCCCBr)cc2)c1. The Labute approximate surface area is 130 Å². The average molecular weight is 357 g/mol. The zero-order valence-corrected chi connectivity index (χ0v) is 12.9. The third-order valence-corrected chi connectivity index (χ3v) is 3.25. The minimum atomic E-state index is -0.670. The highest BCUT2D eigenvalue weighted by Gasteiger charge is 2.03. The van der Waals surface area contributed by atoms with Crippen LogP contribution in [0.1, 0.15) is 12.8 Å². The van der Waals surface area contributed by atoms with Gasteiger partial charge in [0.2, 0.25) is 0 Å². The van der Waals surface area contributed by atoms with E-state index in [4.69, 9.17) is 9.47 Å². The topological polar surface area (TPSA) is 18.5 Å². The van der Waals surface area contributed by atoms with Crippen molar-refractivity contribution in [3.05, 3.63) is 54.1 Å². The summed E-state index contributed by atoms with van der Waals surface area (Å²) in [5, 5.41) is 0.966. The Morgan fingerprint density at radius 1 is 0.810 bits per heavy atom. The summed E-state index contributed by atoms with van der Waals surface area (Å²) in [6.45, 7) is 0.654. The van der Waals surface area contributed by atoms with Crippen LogP contribution in [0, 0.1) is 11.6 Å². The molecule has 5 heteroatoms. The van der Waals surface area contributed by atoms with Gasteiger partial charge < -0.3 is 9.47 Å². The molecule has 0 radical (unpaired) electrons. The second kappa shape index (κ2) is 7.98. The lowest BCUT2D eigenvalue weighted by molar-refractivity contribution is 0.309. The quantitative estimate of drug-likeness (QED) is 0.494. The molecule has 0 amide bonds. The number of benzene rings is 2. The molecule has 2 nitrogen and oxygen atoms in total. The van der Waals surface area contributed by atoms with Crippen molar-refractivity contribution in [2.24, 2.45) is 0 Å². The molecular formula is C16H15BrF2O2. The van der Waals surface area contributed by atoms with Crippen molar-refractivity contribution in [1.29, 1.82) is 0 Å². The van der Waals surface area contributed by atoms with Gasteiger partial charge in [0.15, 0.2) is 0 Å². The molecule has 0 atom stereocenters. The van der Waals surface area contributed by atoms with E-state index in [1.165, 1.54) is 0 Å². The molecule has 2 aromatic carbocycles. The number of alkyl halides is 1. The molecule has 0 aliphatic carbocycles. The number of hydrogen-bond donors (Lipinski definition) is 0. The number of ether oxygens (including phenoxy) is 2. The van der Waals surface area contributed by atoms with Gasteiger partial charge in [-0.2, -0.15) is 0 Å². The highest BCUT2D eigenvalue weighted by molar-refractivity contribution is 9.09. The van der Waals surface area contributed by atoms with Crippen LogP contribution in [-0.2, 0) is 0 Å². The Bertz CT molecular complexity index is 553. The Balaban J connectivity index is 1.92. The fourth-order valence-electron chi connectivity index (χ4n) is 1.71. The molecule has 0 spiro atoms. The maximum atomic E-state index is 13.1. The van der Waals surface area contributed by atoms with Gasteiger partial charge in [0, 0.05) is 23.5 Å². The lowest BCUT2D eigenvalue weighted by Gasteiger charge is -2.08. The van der Waals surface area contributed by atoms with Gasteiger partial charge in [-0.05, 0) is 37.1 Å². The van der Waals surface area contributed by atoms with Crippen LogP contribution in [0.5, 0.6) is 17.2 Å². The predicted octanol–water partition coefficient (Wildman–Crippen LogP) is 5.31. The van der Waals surface area contributed by atoms with Gasteiger partial charge in [-0.3, -0.25) is 0 Å². The maximum Gasteiger partial charge on any atom is 0.133 e. The van der Waals surface area contributed by atoms with E-state index in [9.17, 15) is 8.78 Å². The molecule has 0 aliphatic rings. The first-order valence-electron chi connectivity index (χ1n) is 6.60. The summed E-state index contributed by atoms with van der Waals surface area (Å²) in [5.74, 6) is 0.0159. The van der Waals surface area contributed by atoms with E-state index in [0.717, 1.165) is 42.1 Å². The van der Waals surface area contributed by atoms with Gasteiger partial charge in [-0.25, -0.2) is 8.78 Å². The molecular weight excluding hydrogens is 342 g/mol. The fraction of sp³-hybridized carbons (Fsp3) is 0.250. The van der Waals surface area contributed by atoms with Crippen molar-refractivity contribution in [1.82, 2.24) is 0 Å². The fourth-order valence-corrected chi connectivity index (χ4v) is 2.11. The molecule has 0 heterocycles. The summed E-state index contributed by atoms with van der Waals surface area (Å²) < 4.78 is 37.1. The third kappa shape index (κ3) is 5.34. The third-order valence-electron chi connectivity index (χ3n) is 2.69. The zero-order chi connectivity index (χ0) is 15.1. The van der Waals surface area contributed by atoms with Crippen LogP contribution in [0.25, 0.3) is 0 Å². The first-order valence-corrected chi connectivity index (χ1v) is 7.72. The standard InChI is InChI=1S/C16H15BrF2O2/c17-7-1-2-8-20-14-3-5-15(6-4-14)21-16-10-12(18)9-13(19)11-16/h3-6,9-11H,1-2,7-8H2. The lowest BCUT2D eigenvalue weighted by atomic mass is 10.3. The molecule has 0 saturated heterocycles. The van der Waals surface area contributed by atoms with Gasteiger partial charge >= 0.3 is 0 Å². The van der Waals surface area contributed by atoms with Gasteiger partial charge in [-0.15, -0.1) is 0 Å². The minimum Gasteiger partial charge on any atom is -0.494 e. The van der Waals surface area contributed by atoms with E-state index in [0.29, 0.717) is 12.4 Å². The van der Waals surface area contributed by atoms with Crippen LogP contribution < -0.4 is 9.47 Å². The first kappa shape index (κ1) is 15.8. The second-order valence-corrected chi connectivity index (χ2v) is 5.22. The average Bonchev–Trinajstić information content (AvgIpc) is 2.44. The highest BCUT2D eigenvalue weighted by Crippen LogP contribution is 2.25. The van der Waals surface area contributed by atoms with E-state index in [-0.39, 0.29) is 5.75 Å². The van der Waals surface area contributed by atoms with Crippen LogP contribution in [0.4, 0.5) is 8.78 Å². The molecule has 0 unspecified atom stereocenters. The largest absolute Gasteiger partial charge is 0.494 e. The van der Waals surface area contributed by atoms with E-state index in [1.807, 2.05) is 0 Å². The number of halogens is 3. The van der Waals surface area contributed by atoms with Crippen molar-refractivity contribution in [3.8, 4) is 17.2 Å². The van der Waals surface area contributed by atoms with Crippen molar-refractivity contribution in [2.45, 2.75) is 12.8 Å². The summed E-state index contributed by atoms with van der Waals surface area (Å²) >= 11 is 3.36. The molecule has 21 heavy (non-hydrogen) atoms. The Kier molecular flexibility index (Phi) is 5.99. The summed E-state index contributed by atoms with van der Waals surface area (Å²) in [7, 11) is 0. The number of hydrogen-bond acceptors (Lipinski definition) is 2. The second-order valence-electron chi connectivity index (χ2n) is 4.42. The monoisotopic (exact) mass is 356 g/mol. The number of unbranched alkanes of at least 4 members (excludes halogenated alkanes) is 1. The van der Waals surface area contributed by atoms with Crippen LogP contribution in [0.3, 0.4) is 0 Å². The molecule has 2 rings (SSSR count). The van der Waals surface area contributed by atoms with Gasteiger partial charge in [-0.1, -0.05) is 15.9 Å². The van der Waals surface area contributed by atoms with E-state index in [2.05, 4.69) is 15.9 Å². The van der Waals surface area contributed by atoms with E-state index < -0.39 is 11.6 Å². The first-order chi connectivity index (χ1) is 10.2. The molecule has 0 fully saturated rings. The molecule has 0 bridgehead atoms. The predicted molar refractivity (Wildman–Crippen MR) is 81.4 cm³/mol. The van der Waals surface area contributed by atoms with Crippen molar-refractivity contribution >= 4 is 15.9 Å². The van der Waals surface area contributed by atoms with Gasteiger partial charge in [0.25, 0.3) is 0 Å². The van der Waals surface area contributed by atoms with Gasteiger partial charge in [0.1, 0.15) is 28.9 Å². The summed E-state index contributed by atoms with van der Waals surface area (Å²) in [5.41, 5.74) is 0. The maximum absolute atomic E-state index is 13.1. The molecule has 2 aromatic rings. The van der Waals surface area contributed by atoms with E-state index >= 15 is 0 Å². The van der Waals surface area contributed by atoms with Crippen LogP contribution in [-0.4, -0.2) is 11.9 Å². The summed E-state index contributed by atoms with van der Waals surface area (Å²) in [6.07, 6.45) is 2.04. The van der Waals surface area contributed by atoms with Crippen LogP contribution in [0.2, 0.25) is 0 Å². The molecule has 0 N–H and O–H groups in total. The van der Waals surface area contributed by atoms with Crippen molar-refractivity contribution < 1.29 is 18.3 Å². The molecule has 0 aromatic heterocycles. The summed E-state index contributed by atoms with van der Waals surface area (Å²) in [6, 6.07) is 9.99. The van der Waals surface area contributed by atoms with Gasteiger partial charge in [0.05, 0.1) is 6.61 Å². The molecule has 0 aliphatic heterocycles. The molecule has 112 valence electrons. The number of rotatable bonds is 7. The van der Waals surface area contributed by atoms with Crippen molar-refractivity contribution in [3.63, 3.8) is 0 Å². The Morgan fingerprint density at radius 2 is 1.43 bits per heavy atom. The lowest BCUT2D eigenvalue weighted by Crippen LogP contribution is -1.97. The Morgan fingerprint density at radius 3 is 2.05 bits per heavy atom. The smallest absolute Gasteiger partial charge is 0.133 e. The zero-order valence-electron chi connectivity index (χ0n) is 11.3. The van der Waals surface area contributed by atoms with Crippen molar-refractivity contribution in [2.75, 3.05) is 11.9 Å². The Hall–Kier alpha value is -1.62. The molecule has 0 saturated carbocycles. The normalized spacial score (nSPS) is 10.4. The minimum absolute atomic E-state index is 0.124. The van der Waals surface area contributed by atoms with Crippen LogP contribution in [0.15, 0.2) is 42.5 Å². The highest BCUT2D eigenvalue weighted by atomic mass is 79.9. The van der Waals surface area contributed by atoms with E-state index in [1.54, 1.807) is 24.3 Å². The summed E-state index contributed by atoms with van der Waals surface area (Å²) in [4.78, 5) is 0.